The van der Waals surface area contributed by atoms with Crippen LogP contribution in [0.1, 0.15) is 26.2 Å². The summed E-state index contributed by atoms with van der Waals surface area (Å²) in [5, 5.41) is 0. The van der Waals surface area contributed by atoms with Gasteiger partial charge in [0.2, 0.25) is 5.95 Å². The molecule has 0 spiro atoms. The van der Waals surface area contributed by atoms with E-state index >= 15 is 0 Å². The molecule has 15 heavy (non-hydrogen) atoms. The van der Waals surface area contributed by atoms with E-state index in [9.17, 15) is 4.79 Å². The highest BCUT2D eigenvalue weighted by atomic mass is 16.2. The van der Waals surface area contributed by atoms with Crippen molar-refractivity contribution >= 4 is 12.0 Å². The molecule has 0 bridgehead atoms. The molecule has 0 aromatic carbocycles. The number of amides is 2. The third-order valence-electron chi connectivity index (χ3n) is 2.04. The van der Waals surface area contributed by atoms with Gasteiger partial charge in [0.1, 0.15) is 0 Å². The van der Waals surface area contributed by atoms with Gasteiger partial charge in [-0.05, 0) is 12.5 Å². The van der Waals surface area contributed by atoms with Gasteiger partial charge >= 0.3 is 6.03 Å². The number of aromatic nitrogens is 2. The van der Waals surface area contributed by atoms with Crippen molar-refractivity contribution in [1.29, 1.82) is 0 Å². The van der Waals surface area contributed by atoms with E-state index in [-0.39, 0.29) is 0 Å². The topological polar surface area (TPSA) is 72.1 Å². The molecule has 0 fully saturated rings. The van der Waals surface area contributed by atoms with Crippen LogP contribution < -0.4 is 10.6 Å². The number of carbonyl (C=O) groups is 1. The molecular weight excluding hydrogens is 192 g/mol. The van der Waals surface area contributed by atoms with E-state index in [0.717, 1.165) is 19.3 Å². The minimum Gasteiger partial charge on any atom is -0.351 e. The molecule has 1 heterocycles. The number of anilines is 1. The summed E-state index contributed by atoms with van der Waals surface area (Å²) in [4.78, 5) is 20.5. The fraction of sp³-hybridized carbons (Fsp3) is 0.500. The van der Waals surface area contributed by atoms with Gasteiger partial charge < -0.3 is 5.73 Å². The van der Waals surface area contributed by atoms with Crippen molar-refractivity contribution < 1.29 is 4.79 Å². The molecular formula is C10H16N4O. The lowest BCUT2D eigenvalue weighted by molar-refractivity contribution is 0.253. The molecule has 0 unspecified atom stereocenters. The second-order valence-electron chi connectivity index (χ2n) is 3.25. The van der Waals surface area contributed by atoms with Gasteiger partial charge in [0, 0.05) is 18.9 Å². The van der Waals surface area contributed by atoms with Crippen LogP contribution in [-0.2, 0) is 0 Å². The first-order valence-electron chi connectivity index (χ1n) is 5.09. The lowest BCUT2D eigenvalue weighted by Crippen LogP contribution is -2.37. The highest BCUT2D eigenvalue weighted by molar-refractivity contribution is 5.88. The Balaban J connectivity index is 2.62. The van der Waals surface area contributed by atoms with E-state index in [2.05, 4.69) is 16.9 Å². The SMILES string of the molecule is CCCCCN(C(N)=O)c1ncccn1. The summed E-state index contributed by atoms with van der Waals surface area (Å²) in [6.07, 6.45) is 6.27. The van der Waals surface area contributed by atoms with Gasteiger partial charge in [-0.15, -0.1) is 0 Å². The number of nitrogens with zero attached hydrogens (tertiary/aromatic N) is 3. The summed E-state index contributed by atoms with van der Waals surface area (Å²) in [5.41, 5.74) is 5.26. The maximum atomic E-state index is 11.2. The fourth-order valence-electron chi connectivity index (χ4n) is 1.26. The Labute approximate surface area is 89.3 Å². The number of rotatable bonds is 5. The average molecular weight is 208 g/mol. The smallest absolute Gasteiger partial charge is 0.321 e. The van der Waals surface area contributed by atoms with Crippen molar-refractivity contribution in [2.45, 2.75) is 26.2 Å². The van der Waals surface area contributed by atoms with E-state index < -0.39 is 6.03 Å². The monoisotopic (exact) mass is 208 g/mol. The predicted molar refractivity (Wildman–Crippen MR) is 58.5 cm³/mol. The summed E-state index contributed by atoms with van der Waals surface area (Å²) >= 11 is 0. The van der Waals surface area contributed by atoms with Crippen LogP contribution in [0.3, 0.4) is 0 Å². The highest BCUT2D eigenvalue weighted by Gasteiger charge is 2.13. The van der Waals surface area contributed by atoms with Gasteiger partial charge in [-0.1, -0.05) is 19.8 Å². The minimum atomic E-state index is -0.502. The molecule has 0 saturated carbocycles. The molecule has 1 aromatic heterocycles. The Kier molecular flexibility index (Phi) is 4.53. The van der Waals surface area contributed by atoms with Gasteiger partial charge in [-0.2, -0.15) is 0 Å². The van der Waals surface area contributed by atoms with Crippen molar-refractivity contribution in [3.8, 4) is 0 Å². The lowest BCUT2D eigenvalue weighted by atomic mass is 10.2. The Morgan fingerprint density at radius 2 is 2.07 bits per heavy atom. The van der Waals surface area contributed by atoms with E-state index in [4.69, 9.17) is 5.73 Å². The quantitative estimate of drug-likeness (QED) is 0.746. The molecule has 1 aromatic rings. The minimum absolute atomic E-state index is 0.376. The second-order valence-corrected chi connectivity index (χ2v) is 3.25. The van der Waals surface area contributed by atoms with Crippen LogP contribution in [0, 0.1) is 0 Å². The van der Waals surface area contributed by atoms with Crippen LogP contribution in [0.4, 0.5) is 10.7 Å². The number of hydrogen-bond acceptors (Lipinski definition) is 3. The average Bonchev–Trinajstić information content (AvgIpc) is 2.25. The first-order chi connectivity index (χ1) is 7.25. The van der Waals surface area contributed by atoms with E-state index in [1.165, 1.54) is 4.90 Å². The van der Waals surface area contributed by atoms with Gasteiger partial charge in [-0.3, -0.25) is 4.90 Å². The first-order valence-corrected chi connectivity index (χ1v) is 5.09. The van der Waals surface area contributed by atoms with Gasteiger partial charge in [0.05, 0.1) is 0 Å². The van der Waals surface area contributed by atoms with Crippen LogP contribution in [0.2, 0.25) is 0 Å². The number of carbonyl (C=O) groups excluding carboxylic acids is 1. The first kappa shape index (κ1) is 11.4. The highest BCUT2D eigenvalue weighted by Crippen LogP contribution is 2.07. The number of primary amides is 1. The third-order valence-corrected chi connectivity index (χ3v) is 2.04. The van der Waals surface area contributed by atoms with E-state index in [1.807, 2.05) is 0 Å². The molecule has 82 valence electrons. The molecule has 1 rings (SSSR count). The summed E-state index contributed by atoms with van der Waals surface area (Å²) in [6.45, 7) is 2.68. The zero-order valence-electron chi connectivity index (χ0n) is 8.89. The van der Waals surface area contributed by atoms with E-state index in [1.54, 1.807) is 18.5 Å². The van der Waals surface area contributed by atoms with Crippen LogP contribution in [0.25, 0.3) is 0 Å². The van der Waals surface area contributed by atoms with Crippen LogP contribution in [0.15, 0.2) is 18.5 Å². The number of nitrogens with two attached hydrogens (primary N) is 1. The number of unbranched alkanes of at least 4 members (excludes halogenated alkanes) is 2. The van der Waals surface area contributed by atoms with Crippen LogP contribution >= 0.6 is 0 Å². The molecule has 5 nitrogen and oxygen atoms in total. The zero-order chi connectivity index (χ0) is 11.1. The Hall–Kier alpha value is -1.65. The molecule has 0 radical (unpaired) electrons. The van der Waals surface area contributed by atoms with Crippen molar-refractivity contribution in [2.75, 3.05) is 11.4 Å². The zero-order valence-corrected chi connectivity index (χ0v) is 8.89. The lowest BCUT2D eigenvalue weighted by Gasteiger charge is -2.17. The largest absolute Gasteiger partial charge is 0.351 e. The van der Waals surface area contributed by atoms with Crippen molar-refractivity contribution in [1.82, 2.24) is 9.97 Å². The normalized spacial score (nSPS) is 9.93. The Morgan fingerprint density at radius 1 is 1.40 bits per heavy atom. The molecule has 0 saturated heterocycles. The maximum absolute atomic E-state index is 11.2. The molecule has 0 atom stereocenters. The molecule has 0 aliphatic rings. The molecule has 2 N–H and O–H groups in total. The molecule has 5 heteroatoms. The van der Waals surface area contributed by atoms with Crippen LogP contribution in [0.5, 0.6) is 0 Å². The third kappa shape index (κ3) is 3.53. The Morgan fingerprint density at radius 3 is 2.60 bits per heavy atom. The molecule has 0 aliphatic heterocycles. The van der Waals surface area contributed by atoms with E-state index in [0.29, 0.717) is 12.5 Å². The summed E-state index contributed by atoms with van der Waals surface area (Å²) in [7, 11) is 0. The Bertz CT molecular complexity index is 302. The predicted octanol–water partition coefficient (Wildman–Crippen LogP) is 1.55. The van der Waals surface area contributed by atoms with Crippen molar-refractivity contribution in [3.63, 3.8) is 0 Å². The fourth-order valence-corrected chi connectivity index (χ4v) is 1.26. The standard InChI is InChI=1S/C10H16N4O/c1-2-3-4-8-14(9(11)15)10-12-6-5-7-13-10/h5-7H,2-4,8H2,1H3,(H2,11,15). The summed E-state index contributed by atoms with van der Waals surface area (Å²) in [5.74, 6) is 0.376. The number of urea groups is 1. The second kappa shape index (κ2) is 5.95. The van der Waals surface area contributed by atoms with Gasteiger partial charge in [0.15, 0.2) is 0 Å². The van der Waals surface area contributed by atoms with Gasteiger partial charge in [-0.25, -0.2) is 14.8 Å². The summed E-state index contributed by atoms with van der Waals surface area (Å²) in [6, 6.07) is 1.20. The number of hydrogen-bond donors (Lipinski definition) is 1. The molecule has 0 aliphatic carbocycles. The van der Waals surface area contributed by atoms with Crippen LogP contribution in [-0.4, -0.2) is 22.5 Å². The summed E-state index contributed by atoms with van der Waals surface area (Å²) < 4.78 is 0. The van der Waals surface area contributed by atoms with Crippen molar-refractivity contribution in [3.05, 3.63) is 18.5 Å². The molecule has 2 amide bonds. The van der Waals surface area contributed by atoms with Crippen molar-refractivity contribution in [2.24, 2.45) is 5.73 Å². The maximum Gasteiger partial charge on any atom is 0.321 e. The van der Waals surface area contributed by atoms with Gasteiger partial charge in [0.25, 0.3) is 0 Å².